The highest BCUT2D eigenvalue weighted by Gasteiger charge is 2.12. The molecule has 4 nitrogen and oxygen atoms in total. The first-order valence-electron chi connectivity index (χ1n) is 8.58. The van der Waals surface area contributed by atoms with Gasteiger partial charge in [-0.2, -0.15) is 0 Å². The minimum atomic E-state index is -0.0498. The topological polar surface area (TPSA) is 54.9 Å². The van der Waals surface area contributed by atoms with Gasteiger partial charge in [-0.3, -0.25) is 4.79 Å². The van der Waals surface area contributed by atoms with E-state index in [-0.39, 0.29) is 11.7 Å². The molecule has 0 atom stereocenters. The van der Waals surface area contributed by atoms with Crippen LogP contribution in [-0.4, -0.2) is 21.6 Å². The third kappa shape index (κ3) is 5.11. The molecule has 138 valence electrons. The Morgan fingerprint density at radius 3 is 2.41 bits per heavy atom. The third-order valence-electron chi connectivity index (χ3n) is 4.15. The highest BCUT2D eigenvalue weighted by atomic mass is 32.2. The first-order valence-corrected chi connectivity index (χ1v) is 10.4. The van der Waals surface area contributed by atoms with E-state index in [9.17, 15) is 4.79 Å². The summed E-state index contributed by atoms with van der Waals surface area (Å²) < 4.78 is 0. The van der Waals surface area contributed by atoms with Crippen LogP contribution >= 0.6 is 23.5 Å². The summed E-state index contributed by atoms with van der Waals surface area (Å²) in [5, 5.41) is 4.57. The van der Waals surface area contributed by atoms with Gasteiger partial charge in [0.15, 0.2) is 0 Å². The standard InChI is InChI=1S/C21H21N3OS2/c1-14-8-6-9-17(16(14)3)24-19(25)13-26-20-21(23-12-11-22-20)27-18-10-5-4-7-15(18)2/h4-12H,13H2,1-3H3,(H,24,25). The Morgan fingerprint density at radius 2 is 1.63 bits per heavy atom. The second kappa shape index (κ2) is 9.06. The molecular weight excluding hydrogens is 374 g/mol. The first-order chi connectivity index (χ1) is 13.0. The summed E-state index contributed by atoms with van der Waals surface area (Å²) >= 11 is 2.98. The van der Waals surface area contributed by atoms with Crippen LogP contribution in [0.15, 0.2) is 69.8 Å². The lowest BCUT2D eigenvalue weighted by atomic mass is 10.1. The molecular formula is C21H21N3OS2. The highest BCUT2D eigenvalue weighted by molar-refractivity contribution is 8.02. The summed E-state index contributed by atoms with van der Waals surface area (Å²) in [5.74, 6) is 0.235. The van der Waals surface area contributed by atoms with Crippen LogP contribution in [0, 0.1) is 20.8 Å². The summed E-state index contributed by atoms with van der Waals surface area (Å²) in [4.78, 5) is 22.4. The van der Waals surface area contributed by atoms with E-state index in [2.05, 4.69) is 34.3 Å². The number of carbonyl (C=O) groups is 1. The molecule has 0 radical (unpaired) electrons. The molecule has 0 unspecified atom stereocenters. The first kappa shape index (κ1) is 19.5. The zero-order valence-electron chi connectivity index (χ0n) is 15.5. The molecule has 0 saturated carbocycles. The quantitative estimate of drug-likeness (QED) is 0.575. The van der Waals surface area contributed by atoms with E-state index in [0.29, 0.717) is 0 Å². The molecule has 0 spiro atoms. The van der Waals surface area contributed by atoms with Crippen molar-refractivity contribution in [3.63, 3.8) is 0 Å². The predicted octanol–water partition coefficient (Wildman–Crippen LogP) is 5.28. The van der Waals surface area contributed by atoms with E-state index < -0.39 is 0 Å². The van der Waals surface area contributed by atoms with Crippen LogP contribution in [-0.2, 0) is 4.79 Å². The van der Waals surface area contributed by atoms with Gasteiger partial charge < -0.3 is 5.32 Å². The van der Waals surface area contributed by atoms with Crippen molar-refractivity contribution in [3.05, 3.63) is 71.5 Å². The van der Waals surface area contributed by atoms with Gasteiger partial charge in [0.2, 0.25) is 5.91 Å². The van der Waals surface area contributed by atoms with Gasteiger partial charge in [-0.25, -0.2) is 9.97 Å². The Hall–Kier alpha value is -2.31. The second-order valence-corrected chi connectivity index (χ2v) is 8.11. The van der Waals surface area contributed by atoms with Gasteiger partial charge in [-0.05, 0) is 49.6 Å². The van der Waals surface area contributed by atoms with Crippen LogP contribution in [0.1, 0.15) is 16.7 Å². The van der Waals surface area contributed by atoms with Gasteiger partial charge in [0.05, 0.1) is 5.75 Å². The minimum absolute atomic E-state index is 0.0498. The zero-order valence-corrected chi connectivity index (χ0v) is 17.2. The number of thioether (sulfide) groups is 1. The Morgan fingerprint density at radius 1 is 0.926 bits per heavy atom. The average molecular weight is 396 g/mol. The average Bonchev–Trinajstić information content (AvgIpc) is 2.66. The molecule has 0 fully saturated rings. The van der Waals surface area contributed by atoms with Crippen LogP contribution < -0.4 is 5.32 Å². The predicted molar refractivity (Wildman–Crippen MR) is 113 cm³/mol. The molecule has 0 bridgehead atoms. The van der Waals surface area contributed by atoms with Gasteiger partial charge in [-0.1, -0.05) is 53.9 Å². The van der Waals surface area contributed by atoms with E-state index in [4.69, 9.17) is 0 Å². The monoisotopic (exact) mass is 395 g/mol. The summed E-state index contributed by atoms with van der Waals surface area (Å²) in [6.07, 6.45) is 3.34. The number of benzene rings is 2. The number of carbonyl (C=O) groups excluding carboxylic acids is 1. The van der Waals surface area contributed by atoms with Crippen molar-refractivity contribution < 1.29 is 4.79 Å². The Bertz CT molecular complexity index is 960. The molecule has 0 saturated heterocycles. The second-order valence-electron chi connectivity index (χ2n) is 6.12. The summed E-state index contributed by atoms with van der Waals surface area (Å²) in [5.41, 5.74) is 4.29. The van der Waals surface area contributed by atoms with Crippen LogP contribution in [0.25, 0.3) is 0 Å². The maximum atomic E-state index is 12.4. The number of rotatable bonds is 6. The van der Waals surface area contributed by atoms with E-state index in [0.717, 1.165) is 31.8 Å². The Balaban J connectivity index is 1.67. The lowest BCUT2D eigenvalue weighted by molar-refractivity contribution is -0.113. The van der Waals surface area contributed by atoms with Gasteiger partial charge in [0, 0.05) is 23.0 Å². The molecule has 3 rings (SSSR count). The molecule has 1 heterocycles. The molecule has 1 amide bonds. The van der Waals surface area contributed by atoms with Gasteiger partial charge in [0.1, 0.15) is 10.1 Å². The van der Waals surface area contributed by atoms with E-state index in [1.807, 2.05) is 44.2 Å². The maximum absolute atomic E-state index is 12.4. The summed E-state index contributed by atoms with van der Waals surface area (Å²) in [6.45, 7) is 6.12. The van der Waals surface area contributed by atoms with Crippen molar-refractivity contribution in [2.24, 2.45) is 0 Å². The fraction of sp³-hybridized carbons (Fsp3) is 0.190. The van der Waals surface area contributed by atoms with Gasteiger partial charge >= 0.3 is 0 Å². The maximum Gasteiger partial charge on any atom is 0.234 e. The smallest absolute Gasteiger partial charge is 0.234 e. The molecule has 2 aromatic carbocycles. The van der Waals surface area contributed by atoms with Crippen molar-refractivity contribution in [3.8, 4) is 0 Å². The molecule has 1 aromatic heterocycles. The molecule has 27 heavy (non-hydrogen) atoms. The number of aryl methyl sites for hydroxylation is 2. The molecule has 1 N–H and O–H groups in total. The van der Waals surface area contributed by atoms with Crippen LogP contribution in [0.3, 0.4) is 0 Å². The van der Waals surface area contributed by atoms with Crippen molar-refractivity contribution in [1.29, 1.82) is 0 Å². The number of aromatic nitrogens is 2. The van der Waals surface area contributed by atoms with Crippen molar-refractivity contribution >= 4 is 35.1 Å². The number of hydrogen-bond donors (Lipinski definition) is 1. The van der Waals surface area contributed by atoms with E-state index >= 15 is 0 Å². The Kier molecular flexibility index (Phi) is 6.53. The zero-order chi connectivity index (χ0) is 19.2. The van der Waals surface area contributed by atoms with E-state index in [1.54, 1.807) is 24.2 Å². The lowest BCUT2D eigenvalue weighted by Crippen LogP contribution is -2.15. The van der Waals surface area contributed by atoms with Crippen LogP contribution in [0.5, 0.6) is 0 Å². The highest BCUT2D eigenvalue weighted by Crippen LogP contribution is 2.34. The van der Waals surface area contributed by atoms with Crippen molar-refractivity contribution in [1.82, 2.24) is 9.97 Å². The van der Waals surface area contributed by atoms with Crippen LogP contribution in [0.4, 0.5) is 5.69 Å². The van der Waals surface area contributed by atoms with Crippen LogP contribution in [0.2, 0.25) is 0 Å². The lowest BCUT2D eigenvalue weighted by Gasteiger charge is -2.11. The molecule has 0 aliphatic heterocycles. The molecule has 3 aromatic rings. The van der Waals surface area contributed by atoms with Gasteiger partial charge in [0.25, 0.3) is 0 Å². The summed E-state index contributed by atoms with van der Waals surface area (Å²) in [6, 6.07) is 14.1. The normalized spacial score (nSPS) is 10.6. The molecule has 6 heteroatoms. The number of amides is 1. The van der Waals surface area contributed by atoms with Crippen molar-refractivity contribution in [2.45, 2.75) is 35.7 Å². The number of nitrogens with zero attached hydrogens (tertiary/aromatic N) is 2. The summed E-state index contributed by atoms with van der Waals surface area (Å²) in [7, 11) is 0. The SMILES string of the molecule is Cc1ccccc1Sc1nccnc1SCC(=O)Nc1cccc(C)c1C. The van der Waals surface area contributed by atoms with Crippen molar-refractivity contribution in [2.75, 3.05) is 11.1 Å². The number of anilines is 1. The fourth-order valence-electron chi connectivity index (χ4n) is 2.46. The molecule has 0 aliphatic carbocycles. The Labute approximate surface area is 168 Å². The van der Waals surface area contributed by atoms with Gasteiger partial charge in [-0.15, -0.1) is 0 Å². The largest absolute Gasteiger partial charge is 0.325 e. The fourth-order valence-corrected chi connectivity index (χ4v) is 4.25. The molecule has 0 aliphatic rings. The minimum Gasteiger partial charge on any atom is -0.325 e. The number of hydrogen-bond acceptors (Lipinski definition) is 5. The number of nitrogens with one attached hydrogen (secondary N) is 1. The third-order valence-corrected chi connectivity index (χ3v) is 6.43. The van der Waals surface area contributed by atoms with E-state index in [1.165, 1.54) is 17.3 Å².